The molecule has 0 atom stereocenters. The number of halogens is 2. The number of hydrogen-bond donors (Lipinski definition) is 2. The molecular formula is C18H14ClFN2O3S2. The van der Waals surface area contributed by atoms with Gasteiger partial charge in [0, 0.05) is 10.7 Å². The fraction of sp³-hybridized carbons (Fsp3) is 0.0556. The summed E-state index contributed by atoms with van der Waals surface area (Å²) >= 11 is 6.80. The number of rotatable bonds is 6. The Bertz CT molecular complexity index is 1050. The van der Waals surface area contributed by atoms with Crippen molar-refractivity contribution in [3.05, 3.63) is 76.4 Å². The first kappa shape index (κ1) is 19.3. The second kappa shape index (κ2) is 8.08. The van der Waals surface area contributed by atoms with Gasteiger partial charge in [0.2, 0.25) is 5.91 Å². The zero-order chi connectivity index (χ0) is 19.4. The van der Waals surface area contributed by atoms with Crippen molar-refractivity contribution >= 4 is 50.2 Å². The first-order valence-corrected chi connectivity index (χ1v) is 10.5. The molecule has 9 heteroatoms. The molecule has 0 aliphatic heterocycles. The molecule has 0 aliphatic carbocycles. The molecule has 0 saturated heterocycles. The van der Waals surface area contributed by atoms with Crippen LogP contribution in [0.25, 0.3) is 0 Å². The zero-order valence-corrected chi connectivity index (χ0v) is 16.2. The molecule has 0 spiro atoms. The molecule has 27 heavy (non-hydrogen) atoms. The minimum Gasteiger partial charge on any atom is -0.323 e. The summed E-state index contributed by atoms with van der Waals surface area (Å²) in [5, 5.41) is 4.40. The van der Waals surface area contributed by atoms with E-state index in [-0.39, 0.29) is 21.3 Å². The summed E-state index contributed by atoms with van der Waals surface area (Å²) in [5.74, 6) is -1.02. The Hall–Kier alpha value is -2.42. The van der Waals surface area contributed by atoms with Crippen molar-refractivity contribution in [1.82, 2.24) is 0 Å². The summed E-state index contributed by atoms with van der Waals surface area (Å²) in [6.45, 7) is 0. The molecule has 3 rings (SSSR count). The van der Waals surface area contributed by atoms with Crippen molar-refractivity contribution in [1.29, 1.82) is 0 Å². The molecular weight excluding hydrogens is 411 g/mol. The summed E-state index contributed by atoms with van der Waals surface area (Å²) in [4.78, 5) is 12.1. The van der Waals surface area contributed by atoms with Crippen LogP contribution in [0.5, 0.6) is 0 Å². The first-order chi connectivity index (χ1) is 12.8. The van der Waals surface area contributed by atoms with Gasteiger partial charge in [-0.25, -0.2) is 12.8 Å². The van der Waals surface area contributed by atoms with Crippen LogP contribution in [0.15, 0.2) is 64.2 Å². The van der Waals surface area contributed by atoms with E-state index in [0.29, 0.717) is 11.3 Å². The van der Waals surface area contributed by atoms with Gasteiger partial charge in [-0.2, -0.15) is 0 Å². The van der Waals surface area contributed by atoms with Crippen LogP contribution in [0, 0.1) is 5.82 Å². The molecule has 0 unspecified atom stereocenters. The van der Waals surface area contributed by atoms with Crippen LogP contribution in [-0.4, -0.2) is 14.3 Å². The predicted molar refractivity (Wildman–Crippen MR) is 105 cm³/mol. The number of benzene rings is 2. The maximum atomic E-state index is 13.7. The quantitative estimate of drug-likeness (QED) is 0.610. The molecule has 2 aromatic carbocycles. The minimum atomic E-state index is -3.62. The third-order valence-corrected chi connectivity index (χ3v) is 6.55. The highest BCUT2D eigenvalue weighted by Crippen LogP contribution is 2.21. The monoisotopic (exact) mass is 424 g/mol. The largest absolute Gasteiger partial charge is 0.323 e. The zero-order valence-electron chi connectivity index (χ0n) is 13.8. The second-order valence-electron chi connectivity index (χ2n) is 5.58. The van der Waals surface area contributed by atoms with Gasteiger partial charge >= 0.3 is 0 Å². The summed E-state index contributed by atoms with van der Waals surface area (Å²) < 4.78 is 40.8. The lowest BCUT2D eigenvalue weighted by Crippen LogP contribution is -2.15. The average Bonchev–Trinajstić information content (AvgIpc) is 3.15. The van der Waals surface area contributed by atoms with Crippen molar-refractivity contribution < 1.29 is 17.6 Å². The fourth-order valence-electron chi connectivity index (χ4n) is 2.28. The minimum absolute atomic E-state index is 0.0139. The van der Waals surface area contributed by atoms with E-state index in [1.54, 1.807) is 35.7 Å². The van der Waals surface area contributed by atoms with Crippen LogP contribution < -0.4 is 10.0 Å². The highest BCUT2D eigenvalue weighted by atomic mass is 35.5. The summed E-state index contributed by atoms with van der Waals surface area (Å²) in [5.41, 5.74) is 1.09. The van der Waals surface area contributed by atoms with Gasteiger partial charge in [0.05, 0.1) is 12.1 Å². The Balaban J connectivity index is 1.63. The molecule has 2 N–H and O–H groups in total. The Morgan fingerprint density at radius 1 is 1.11 bits per heavy atom. The molecule has 0 radical (unpaired) electrons. The fourth-order valence-corrected chi connectivity index (χ4v) is 4.49. The third-order valence-electron chi connectivity index (χ3n) is 3.54. The number of hydrogen-bond acceptors (Lipinski definition) is 4. The van der Waals surface area contributed by atoms with Crippen molar-refractivity contribution in [3.63, 3.8) is 0 Å². The molecule has 1 amide bonds. The number of anilines is 2. The molecule has 0 bridgehead atoms. The lowest BCUT2D eigenvalue weighted by atomic mass is 10.1. The van der Waals surface area contributed by atoms with E-state index < -0.39 is 21.7 Å². The van der Waals surface area contributed by atoms with Crippen molar-refractivity contribution in [3.8, 4) is 0 Å². The number of nitrogens with one attached hydrogen (secondary N) is 2. The number of carbonyl (C=O) groups is 1. The normalized spacial score (nSPS) is 11.2. The molecule has 1 heterocycles. The van der Waals surface area contributed by atoms with Gasteiger partial charge in [-0.05, 0) is 47.3 Å². The standard InChI is InChI=1S/C18H14ClFN2O3S2/c19-13-5-8-16(15(20)11-13)21-17(23)10-12-3-6-14(7-4-12)22-27(24,25)18-2-1-9-26-18/h1-9,11,22H,10H2,(H,21,23). The Kier molecular flexibility index (Phi) is 5.79. The highest BCUT2D eigenvalue weighted by Gasteiger charge is 2.15. The van der Waals surface area contributed by atoms with E-state index in [1.807, 2.05) is 0 Å². The van der Waals surface area contributed by atoms with Gasteiger partial charge < -0.3 is 5.32 Å². The average molecular weight is 425 g/mol. The van der Waals surface area contributed by atoms with Crippen LogP contribution in [-0.2, 0) is 21.2 Å². The molecule has 5 nitrogen and oxygen atoms in total. The first-order valence-electron chi connectivity index (χ1n) is 7.74. The van der Waals surface area contributed by atoms with E-state index in [0.717, 1.165) is 17.4 Å². The Labute approximate surface area is 164 Å². The van der Waals surface area contributed by atoms with Crippen LogP contribution in [0.1, 0.15) is 5.56 Å². The van der Waals surface area contributed by atoms with Gasteiger partial charge in [0.1, 0.15) is 10.0 Å². The van der Waals surface area contributed by atoms with Crippen molar-refractivity contribution in [2.24, 2.45) is 0 Å². The SMILES string of the molecule is O=C(Cc1ccc(NS(=O)(=O)c2cccs2)cc1)Nc1ccc(Cl)cc1F. The van der Waals surface area contributed by atoms with Crippen LogP contribution in [0.2, 0.25) is 5.02 Å². The van der Waals surface area contributed by atoms with E-state index in [9.17, 15) is 17.6 Å². The van der Waals surface area contributed by atoms with Crippen molar-refractivity contribution in [2.45, 2.75) is 10.6 Å². The van der Waals surface area contributed by atoms with Crippen LogP contribution in [0.3, 0.4) is 0 Å². The Morgan fingerprint density at radius 3 is 2.48 bits per heavy atom. The lowest BCUT2D eigenvalue weighted by Gasteiger charge is -2.09. The number of thiophene rings is 1. The number of carbonyl (C=O) groups excluding carboxylic acids is 1. The van der Waals surface area contributed by atoms with E-state index in [2.05, 4.69) is 10.0 Å². The predicted octanol–water partition coefficient (Wildman–Crippen LogP) is 4.52. The summed E-state index contributed by atoms with van der Waals surface area (Å²) in [7, 11) is -3.62. The van der Waals surface area contributed by atoms with Gasteiger partial charge in [0.25, 0.3) is 10.0 Å². The van der Waals surface area contributed by atoms with E-state index >= 15 is 0 Å². The van der Waals surface area contributed by atoms with Gasteiger partial charge in [0.15, 0.2) is 0 Å². The van der Waals surface area contributed by atoms with Crippen LogP contribution in [0.4, 0.5) is 15.8 Å². The second-order valence-corrected chi connectivity index (χ2v) is 8.88. The highest BCUT2D eigenvalue weighted by molar-refractivity contribution is 7.94. The number of amides is 1. The molecule has 3 aromatic rings. The van der Waals surface area contributed by atoms with Gasteiger partial charge in [-0.3, -0.25) is 9.52 Å². The number of sulfonamides is 1. The third kappa shape index (κ3) is 5.06. The van der Waals surface area contributed by atoms with E-state index in [4.69, 9.17) is 11.6 Å². The smallest absolute Gasteiger partial charge is 0.271 e. The van der Waals surface area contributed by atoms with Gasteiger partial charge in [-0.1, -0.05) is 29.8 Å². The maximum Gasteiger partial charge on any atom is 0.271 e. The van der Waals surface area contributed by atoms with E-state index in [1.165, 1.54) is 18.2 Å². The molecule has 0 saturated carbocycles. The van der Waals surface area contributed by atoms with Crippen LogP contribution >= 0.6 is 22.9 Å². The summed E-state index contributed by atoms with van der Waals surface area (Å²) in [6.07, 6.45) is 0.0139. The molecule has 1 aromatic heterocycles. The molecule has 0 fully saturated rings. The maximum absolute atomic E-state index is 13.7. The molecule has 0 aliphatic rings. The molecule has 140 valence electrons. The summed E-state index contributed by atoms with van der Waals surface area (Å²) in [6, 6.07) is 13.5. The lowest BCUT2D eigenvalue weighted by molar-refractivity contribution is -0.115. The topological polar surface area (TPSA) is 75.3 Å². The van der Waals surface area contributed by atoms with Crippen molar-refractivity contribution in [2.75, 3.05) is 10.0 Å². The Morgan fingerprint density at radius 2 is 1.85 bits per heavy atom. The van der Waals surface area contributed by atoms with Gasteiger partial charge in [-0.15, -0.1) is 11.3 Å².